The standard InChI is InChI=1S/C23H14F2O6S/c1-12(21(26)13-7-9-17(24)18(25)10-13)31-23(28)14-6-8-16-20(11-14)32(29,30)19-5-3-2-4-15(19)22(16)27/h2-12H,1H3/t12-/m0/s1. The molecule has 0 fully saturated rings. The van der Waals surface area contributed by atoms with E-state index in [1.807, 2.05) is 0 Å². The first-order chi connectivity index (χ1) is 15.1. The van der Waals surface area contributed by atoms with Gasteiger partial charge in [0.1, 0.15) is 0 Å². The summed E-state index contributed by atoms with van der Waals surface area (Å²) in [5, 5.41) is 0. The van der Waals surface area contributed by atoms with Crippen molar-refractivity contribution in [1.29, 1.82) is 0 Å². The lowest BCUT2D eigenvalue weighted by molar-refractivity contribution is 0.0318. The molecule has 162 valence electrons. The molecule has 0 spiro atoms. The number of sulfone groups is 1. The van der Waals surface area contributed by atoms with Gasteiger partial charge in [-0.3, -0.25) is 9.59 Å². The Morgan fingerprint density at radius 1 is 0.844 bits per heavy atom. The highest BCUT2D eigenvalue weighted by Gasteiger charge is 2.35. The first-order valence-corrected chi connectivity index (χ1v) is 10.8. The molecule has 0 aromatic heterocycles. The van der Waals surface area contributed by atoms with Gasteiger partial charge in [0.25, 0.3) is 0 Å². The van der Waals surface area contributed by atoms with Gasteiger partial charge in [-0.2, -0.15) is 0 Å². The number of Topliss-reactive ketones (excluding diaryl/α,β-unsaturated/α-hetero) is 1. The van der Waals surface area contributed by atoms with E-state index in [0.29, 0.717) is 6.07 Å². The highest BCUT2D eigenvalue weighted by atomic mass is 32.2. The normalized spacial score (nSPS) is 14.8. The van der Waals surface area contributed by atoms with Crippen molar-refractivity contribution >= 4 is 27.4 Å². The van der Waals surface area contributed by atoms with Crippen LogP contribution in [-0.4, -0.2) is 32.1 Å². The van der Waals surface area contributed by atoms with E-state index in [9.17, 15) is 31.6 Å². The number of benzene rings is 3. The Morgan fingerprint density at radius 3 is 2.22 bits per heavy atom. The Kier molecular flexibility index (Phi) is 5.21. The summed E-state index contributed by atoms with van der Waals surface area (Å²) in [6, 6.07) is 11.7. The van der Waals surface area contributed by atoms with Crippen LogP contribution in [0, 0.1) is 11.6 Å². The summed E-state index contributed by atoms with van der Waals surface area (Å²) in [6.45, 7) is 1.25. The van der Waals surface area contributed by atoms with Crippen LogP contribution >= 0.6 is 0 Å². The third kappa shape index (κ3) is 3.50. The number of ketones is 2. The number of hydrogen-bond acceptors (Lipinski definition) is 6. The van der Waals surface area contributed by atoms with E-state index in [4.69, 9.17) is 4.74 Å². The van der Waals surface area contributed by atoms with Crippen LogP contribution in [0.1, 0.15) is 43.6 Å². The lowest BCUT2D eigenvalue weighted by Gasteiger charge is -2.19. The van der Waals surface area contributed by atoms with Crippen LogP contribution in [0.25, 0.3) is 0 Å². The van der Waals surface area contributed by atoms with Gasteiger partial charge in [0, 0.05) is 16.7 Å². The molecule has 0 radical (unpaired) electrons. The fourth-order valence-corrected chi connectivity index (χ4v) is 5.05. The number of ether oxygens (including phenoxy) is 1. The SMILES string of the molecule is C[C@H](OC(=O)c1ccc2c(c1)S(=O)(=O)c1ccccc1C2=O)C(=O)c1ccc(F)c(F)c1. The molecule has 3 aromatic rings. The molecule has 1 atom stereocenters. The summed E-state index contributed by atoms with van der Waals surface area (Å²) in [7, 11) is -4.06. The van der Waals surface area contributed by atoms with Crippen molar-refractivity contribution in [3.8, 4) is 0 Å². The first kappa shape index (κ1) is 21.5. The highest BCUT2D eigenvalue weighted by molar-refractivity contribution is 7.91. The van der Waals surface area contributed by atoms with E-state index < -0.39 is 45.1 Å². The average Bonchev–Trinajstić information content (AvgIpc) is 2.78. The first-order valence-electron chi connectivity index (χ1n) is 9.34. The molecule has 0 bridgehead atoms. The lowest BCUT2D eigenvalue weighted by Crippen LogP contribution is -2.25. The topological polar surface area (TPSA) is 94.6 Å². The van der Waals surface area contributed by atoms with Gasteiger partial charge >= 0.3 is 5.97 Å². The molecule has 0 aliphatic carbocycles. The van der Waals surface area contributed by atoms with Gasteiger partial charge in [-0.05, 0) is 55.5 Å². The molecule has 1 heterocycles. The Labute approximate surface area is 181 Å². The molecular weight excluding hydrogens is 442 g/mol. The molecule has 6 nitrogen and oxygen atoms in total. The van der Waals surface area contributed by atoms with Crippen molar-refractivity contribution in [1.82, 2.24) is 0 Å². The smallest absolute Gasteiger partial charge is 0.338 e. The fourth-order valence-electron chi connectivity index (χ4n) is 3.38. The number of halogens is 2. The van der Waals surface area contributed by atoms with Crippen LogP contribution < -0.4 is 0 Å². The van der Waals surface area contributed by atoms with Crippen LogP contribution in [0.5, 0.6) is 0 Å². The molecular formula is C23H14F2O6S. The molecule has 0 saturated carbocycles. The molecule has 1 aliphatic rings. The van der Waals surface area contributed by atoms with Gasteiger partial charge in [-0.25, -0.2) is 22.0 Å². The molecule has 32 heavy (non-hydrogen) atoms. The van der Waals surface area contributed by atoms with Gasteiger partial charge in [0.15, 0.2) is 23.5 Å². The van der Waals surface area contributed by atoms with Crippen molar-refractivity contribution in [2.45, 2.75) is 22.8 Å². The number of hydrogen-bond donors (Lipinski definition) is 0. The summed E-state index contributed by atoms with van der Waals surface area (Å²) in [4.78, 5) is 37.1. The monoisotopic (exact) mass is 456 g/mol. The fraction of sp³-hybridized carbons (Fsp3) is 0.0870. The Bertz CT molecular complexity index is 1410. The number of carbonyl (C=O) groups excluding carboxylic acids is 3. The summed E-state index contributed by atoms with van der Waals surface area (Å²) in [6.07, 6.45) is -1.36. The van der Waals surface area contributed by atoms with Gasteiger partial charge in [-0.1, -0.05) is 12.1 Å². The summed E-state index contributed by atoms with van der Waals surface area (Å²) in [5.41, 5.74) is -0.420. The molecule has 1 aliphatic heterocycles. The van der Waals surface area contributed by atoms with E-state index >= 15 is 0 Å². The number of rotatable bonds is 4. The zero-order valence-corrected chi connectivity index (χ0v) is 17.3. The maximum atomic E-state index is 13.4. The zero-order valence-electron chi connectivity index (χ0n) is 16.5. The van der Waals surface area contributed by atoms with Crippen molar-refractivity contribution in [3.63, 3.8) is 0 Å². The summed E-state index contributed by atoms with van der Waals surface area (Å²) >= 11 is 0. The maximum Gasteiger partial charge on any atom is 0.338 e. The third-order valence-electron chi connectivity index (χ3n) is 5.03. The van der Waals surface area contributed by atoms with Gasteiger partial charge in [-0.15, -0.1) is 0 Å². The van der Waals surface area contributed by atoms with E-state index in [1.165, 1.54) is 37.3 Å². The van der Waals surface area contributed by atoms with Gasteiger partial charge in [0.2, 0.25) is 15.6 Å². The second kappa shape index (κ2) is 7.76. The maximum absolute atomic E-state index is 13.4. The molecule has 3 aromatic carbocycles. The van der Waals surface area contributed by atoms with Gasteiger partial charge in [0.05, 0.1) is 15.4 Å². The molecule has 9 heteroatoms. The van der Waals surface area contributed by atoms with Crippen molar-refractivity contribution in [2.24, 2.45) is 0 Å². The lowest BCUT2D eigenvalue weighted by atomic mass is 10.0. The van der Waals surface area contributed by atoms with Crippen LogP contribution in [0.4, 0.5) is 8.78 Å². The van der Waals surface area contributed by atoms with Crippen LogP contribution in [0.3, 0.4) is 0 Å². The summed E-state index contributed by atoms with van der Waals surface area (Å²) < 4.78 is 57.5. The molecule has 0 N–H and O–H groups in total. The van der Waals surface area contributed by atoms with Crippen LogP contribution in [0.2, 0.25) is 0 Å². The van der Waals surface area contributed by atoms with Crippen molar-refractivity contribution < 1.29 is 36.3 Å². The minimum Gasteiger partial charge on any atom is -0.451 e. The second-order valence-corrected chi connectivity index (χ2v) is 8.97. The number of fused-ring (bicyclic) bond motifs is 2. The summed E-state index contributed by atoms with van der Waals surface area (Å²) in [5.74, 6) is -4.63. The van der Waals surface area contributed by atoms with E-state index in [1.54, 1.807) is 6.07 Å². The zero-order chi connectivity index (χ0) is 23.2. The van der Waals surface area contributed by atoms with E-state index in [0.717, 1.165) is 18.2 Å². The number of carbonyl (C=O) groups is 3. The van der Waals surface area contributed by atoms with Crippen molar-refractivity contribution in [3.05, 3.63) is 94.6 Å². The second-order valence-electron chi connectivity index (χ2n) is 7.08. The van der Waals surface area contributed by atoms with Crippen LogP contribution in [0.15, 0.2) is 70.5 Å². The quantitative estimate of drug-likeness (QED) is 0.343. The van der Waals surface area contributed by atoms with E-state index in [2.05, 4.69) is 0 Å². The third-order valence-corrected chi connectivity index (χ3v) is 6.88. The average molecular weight is 456 g/mol. The largest absolute Gasteiger partial charge is 0.451 e. The Morgan fingerprint density at radius 2 is 1.50 bits per heavy atom. The number of esters is 1. The molecule has 4 rings (SSSR count). The molecule has 0 amide bonds. The highest BCUT2D eigenvalue weighted by Crippen LogP contribution is 2.34. The molecule has 0 unspecified atom stereocenters. The van der Waals surface area contributed by atoms with Crippen LogP contribution in [-0.2, 0) is 14.6 Å². The van der Waals surface area contributed by atoms with Crippen molar-refractivity contribution in [2.75, 3.05) is 0 Å². The van der Waals surface area contributed by atoms with Gasteiger partial charge < -0.3 is 4.74 Å². The minimum atomic E-state index is -4.06. The predicted octanol–water partition coefficient (Wildman–Crippen LogP) is 3.77. The predicted molar refractivity (Wildman–Crippen MR) is 107 cm³/mol. The Balaban J connectivity index is 1.62. The molecule has 0 saturated heterocycles. The van der Waals surface area contributed by atoms with E-state index in [-0.39, 0.29) is 32.0 Å². The Hall–Kier alpha value is -3.72. The minimum absolute atomic E-state index is 0.0427.